The Labute approximate surface area is 154 Å². The van der Waals surface area contributed by atoms with Gasteiger partial charge in [0.2, 0.25) is 0 Å². The highest BCUT2D eigenvalue weighted by atomic mass is 79.9. The lowest BCUT2D eigenvalue weighted by Crippen LogP contribution is -2.38. The standard InChI is InChI=1S/C16H19BrN2O3S2/c1-11-8-15(12(2)23-11)24(20,21)19(10-14-4-3-7-22-14)16-6-5-13(17)9-18-16/h5-6,8-9,14H,3-4,7,10H2,1-2H3/t14-/m0/s1. The lowest BCUT2D eigenvalue weighted by atomic mass is 10.2. The highest BCUT2D eigenvalue weighted by Gasteiger charge is 2.32. The normalized spacial score (nSPS) is 18.0. The average molecular weight is 431 g/mol. The molecule has 0 saturated carbocycles. The van der Waals surface area contributed by atoms with E-state index in [9.17, 15) is 8.42 Å². The van der Waals surface area contributed by atoms with Crippen LogP contribution >= 0.6 is 27.3 Å². The Morgan fingerprint density at radius 2 is 2.21 bits per heavy atom. The maximum atomic E-state index is 13.3. The molecular formula is C16H19BrN2O3S2. The second-order valence-corrected chi connectivity index (χ2v) is 9.99. The SMILES string of the molecule is Cc1cc(S(=O)(=O)N(C[C@@H]2CCCO2)c2ccc(Br)cn2)c(C)s1. The second kappa shape index (κ2) is 7.11. The molecule has 1 fully saturated rings. The monoisotopic (exact) mass is 430 g/mol. The number of hydrogen-bond acceptors (Lipinski definition) is 5. The van der Waals surface area contributed by atoms with Crippen molar-refractivity contribution in [1.82, 2.24) is 4.98 Å². The number of hydrogen-bond donors (Lipinski definition) is 0. The number of pyridine rings is 1. The van der Waals surface area contributed by atoms with E-state index in [1.165, 1.54) is 15.6 Å². The van der Waals surface area contributed by atoms with Crippen LogP contribution < -0.4 is 4.31 Å². The van der Waals surface area contributed by atoms with E-state index in [0.717, 1.165) is 27.1 Å². The number of thiophene rings is 1. The summed E-state index contributed by atoms with van der Waals surface area (Å²) in [6.45, 7) is 4.72. The molecule has 1 saturated heterocycles. The number of sulfonamides is 1. The molecule has 1 aliphatic rings. The van der Waals surface area contributed by atoms with Crippen LogP contribution in [0.1, 0.15) is 22.6 Å². The molecule has 3 heterocycles. The molecule has 1 aliphatic heterocycles. The van der Waals surface area contributed by atoms with Crippen molar-refractivity contribution >= 4 is 43.1 Å². The lowest BCUT2D eigenvalue weighted by molar-refractivity contribution is 0.118. The highest BCUT2D eigenvalue weighted by Crippen LogP contribution is 2.31. The van der Waals surface area contributed by atoms with E-state index < -0.39 is 10.0 Å². The highest BCUT2D eigenvalue weighted by molar-refractivity contribution is 9.10. The van der Waals surface area contributed by atoms with Crippen molar-refractivity contribution in [3.05, 3.63) is 38.6 Å². The van der Waals surface area contributed by atoms with Gasteiger partial charge in [0.15, 0.2) is 0 Å². The van der Waals surface area contributed by atoms with E-state index in [2.05, 4.69) is 20.9 Å². The van der Waals surface area contributed by atoms with Gasteiger partial charge in [0.1, 0.15) is 10.7 Å². The van der Waals surface area contributed by atoms with Crippen LogP contribution in [0.5, 0.6) is 0 Å². The summed E-state index contributed by atoms with van der Waals surface area (Å²) in [7, 11) is -3.68. The van der Waals surface area contributed by atoms with Gasteiger partial charge >= 0.3 is 0 Å². The maximum absolute atomic E-state index is 13.3. The van der Waals surface area contributed by atoms with Crippen LogP contribution in [0, 0.1) is 13.8 Å². The summed E-state index contributed by atoms with van der Waals surface area (Å²) in [5.74, 6) is 0.414. The molecule has 0 aliphatic carbocycles. The third-order valence-electron chi connectivity index (χ3n) is 3.92. The summed E-state index contributed by atoms with van der Waals surface area (Å²) >= 11 is 4.83. The number of nitrogens with zero attached hydrogens (tertiary/aromatic N) is 2. The van der Waals surface area contributed by atoms with Crippen LogP contribution in [0.4, 0.5) is 5.82 Å². The van der Waals surface area contributed by atoms with Gasteiger partial charge in [-0.05, 0) is 60.8 Å². The van der Waals surface area contributed by atoms with Gasteiger partial charge in [-0.25, -0.2) is 17.7 Å². The van der Waals surface area contributed by atoms with Crippen LogP contribution in [0.2, 0.25) is 0 Å². The van der Waals surface area contributed by atoms with Crippen LogP contribution in [0.3, 0.4) is 0 Å². The molecule has 3 rings (SSSR count). The molecule has 0 amide bonds. The summed E-state index contributed by atoms with van der Waals surface area (Å²) in [5.41, 5.74) is 0. The fourth-order valence-electron chi connectivity index (χ4n) is 2.79. The molecule has 0 radical (unpaired) electrons. The molecule has 2 aromatic rings. The minimum absolute atomic E-state index is 0.0924. The lowest BCUT2D eigenvalue weighted by Gasteiger charge is -2.26. The zero-order valence-electron chi connectivity index (χ0n) is 13.5. The van der Waals surface area contributed by atoms with Crippen LogP contribution in [-0.2, 0) is 14.8 Å². The Balaban J connectivity index is 2.02. The fourth-order valence-corrected chi connectivity index (χ4v) is 6.00. The van der Waals surface area contributed by atoms with Crippen LogP contribution in [0.25, 0.3) is 0 Å². The van der Waals surface area contributed by atoms with Crippen molar-refractivity contribution in [3.8, 4) is 0 Å². The zero-order chi connectivity index (χ0) is 17.3. The minimum Gasteiger partial charge on any atom is -0.376 e. The second-order valence-electron chi connectivity index (χ2n) is 5.78. The van der Waals surface area contributed by atoms with E-state index in [-0.39, 0.29) is 12.6 Å². The van der Waals surface area contributed by atoms with Crippen molar-refractivity contribution in [1.29, 1.82) is 0 Å². The van der Waals surface area contributed by atoms with Gasteiger partial charge in [-0.3, -0.25) is 0 Å². The third-order valence-corrected chi connectivity index (χ3v) is 7.38. The zero-order valence-corrected chi connectivity index (χ0v) is 16.7. The summed E-state index contributed by atoms with van der Waals surface area (Å²) in [5, 5.41) is 0. The largest absolute Gasteiger partial charge is 0.376 e. The fraction of sp³-hybridized carbons (Fsp3) is 0.438. The smallest absolute Gasteiger partial charge is 0.266 e. The first-order chi connectivity index (χ1) is 11.4. The molecule has 2 aromatic heterocycles. The predicted octanol–water partition coefficient (Wildman–Crippen LogP) is 3.90. The van der Waals surface area contributed by atoms with Crippen LogP contribution in [0.15, 0.2) is 33.8 Å². The first-order valence-corrected chi connectivity index (χ1v) is 10.8. The molecule has 0 unspecified atom stereocenters. The van der Waals surface area contributed by atoms with E-state index in [1.807, 2.05) is 13.8 Å². The Kier molecular flexibility index (Phi) is 5.29. The van der Waals surface area contributed by atoms with Gasteiger partial charge in [0.25, 0.3) is 10.0 Å². The molecule has 8 heteroatoms. The van der Waals surface area contributed by atoms with E-state index in [1.54, 1.807) is 24.4 Å². The number of aromatic nitrogens is 1. The maximum Gasteiger partial charge on any atom is 0.266 e. The van der Waals surface area contributed by atoms with Gasteiger partial charge in [0, 0.05) is 27.0 Å². The van der Waals surface area contributed by atoms with Gasteiger partial charge in [-0.2, -0.15) is 0 Å². The topological polar surface area (TPSA) is 59.5 Å². The third kappa shape index (κ3) is 3.66. The molecule has 0 N–H and O–H groups in total. The Morgan fingerprint density at radius 3 is 2.75 bits per heavy atom. The number of halogens is 1. The Morgan fingerprint density at radius 1 is 1.42 bits per heavy atom. The van der Waals surface area contributed by atoms with Gasteiger partial charge in [-0.15, -0.1) is 11.3 Å². The molecule has 24 heavy (non-hydrogen) atoms. The van der Waals surface area contributed by atoms with E-state index >= 15 is 0 Å². The Hall–Kier alpha value is -0.960. The number of anilines is 1. The van der Waals surface area contributed by atoms with Crippen molar-refractivity contribution in [2.24, 2.45) is 0 Å². The van der Waals surface area contributed by atoms with Crippen molar-refractivity contribution in [3.63, 3.8) is 0 Å². The summed E-state index contributed by atoms with van der Waals surface area (Å²) in [6, 6.07) is 5.24. The molecule has 1 atom stereocenters. The van der Waals surface area contributed by atoms with Crippen molar-refractivity contribution in [2.45, 2.75) is 37.7 Å². The molecule has 0 spiro atoms. The number of rotatable bonds is 5. The molecular weight excluding hydrogens is 412 g/mol. The molecule has 0 bridgehead atoms. The summed E-state index contributed by atoms with van der Waals surface area (Å²) in [4.78, 5) is 6.42. The van der Waals surface area contributed by atoms with E-state index in [4.69, 9.17) is 4.74 Å². The molecule has 130 valence electrons. The molecule has 0 aromatic carbocycles. The minimum atomic E-state index is -3.68. The predicted molar refractivity (Wildman–Crippen MR) is 99.2 cm³/mol. The van der Waals surface area contributed by atoms with Gasteiger partial charge in [0.05, 0.1) is 12.6 Å². The van der Waals surface area contributed by atoms with Crippen molar-refractivity contribution in [2.75, 3.05) is 17.5 Å². The average Bonchev–Trinajstić information content (AvgIpc) is 3.15. The summed E-state index contributed by atoms with van der Waals surface area (Å²) in [6.07, 6.45) is 3.34. The Bertz CT molecular complexity index is 812. The molecule has 5 nitrogen and oxygen atoms in total. The first-order valence-electron chi connectivity index (χ1n) is 7.71. The number of ether oxygens (including phenoxy) is 1. The number of aryl methyl sites for hydroxylation is 2. The first kappa shape index (κ1) is 17.8. The van der Waals surface area contributed by atoms with E-state index in [0.29, 0.717) is 17.3 Å². The van der Waals surface area contributed by atoms with Gasteiger partial charge in [-0.1, -0.05) is 0 Å². The van der Waals surface area contributed by atoms with Crippen molar-refractivity contribution < 1.29 is 13.2 Å². The van der Waals surface area contributed by atoms with Crippen LogP contribution in [-0.4, -0.2) is 32.7 Å². The quantitative estimate of drug-likeness (QED) is 0.721. The summed E-state index contributed by atoms with van der Waals surface area (Å²) < 4.78 is 34.4. The van der Waals surface area contributed by atoms with Gasteiger partial charge < -0.3 is 4.74 Å².